The maximum atomic E-state index is 11.8. The minimum absolute atomic E-state index is 0.0875. The molecule has 0 bridgehead atoms. The normalized spacial score (nSPS) is 11.7. The Hall–Kier alpha value is -1.42. The Morgan fingerprint density at radius 2 is 1.68 bits per heavy atom. The van der Waals surface area contributed by atoms with Crippen LogP contribution in [0.5, 0.6) is 0 Å². The molecular formula is C12H23F4N3O3. The fraction of sp³-hybridized carbons (Fsp3) is 0.833. The summed E-state index contributed by atoms with van der Waals surface area (Å²) in [6.45, 7) is -0.410. The van der Waals surface area contributed by atoms with Crippen LogP contribution in [0.1, 0.15) is 6.42 Å². The van der Waals surface area contributed by atoms with E-state index in [2.05, 4.69) is 0 Å². The van der Waals surface area contributed by atoms with Crippen molar-refractivity contribution >= 4 is 11.9 Å². The van der Waals surface area contributed by atoms with Crippen LogP contribution >= 0.6 is 0 Å². The van der Waals surface area contributed by atoms with Gasteiger partial charge in [-0.15, -0.1) is 0 Å². The average Bonchev–Trinajstić information content (AvgIpc) is 2.32. The number of halogens is 4. The fourth-order valence-electron chi connectivity index (χ4n) is 1.24. The number of amides is 1. The molecule has 0 saturated heterocycles. The fourth-order valence-corrected chi connectivity index (χ4v) is 1.24. The zero-order valence-electron chi connectivity index (χ0n) is 13.2. The van der Waals surface area contributed by atoms with E-state index in [1.165, 1.54) is 4.90 Å². The standard InChI is InChI=1S/C9H15F3N2O3.C3H8FN/c1-14(2,6-7(15)16)5-3-4-13-8(17)9(10,11)12;1-5(2)3-4/h3-6H2,1-2H3,(H-,13,15,16,17);3H2,1-2H3. The number of carboxylic acid groups (broad SMARTS) is 1. The van der Waals surface area contributed by atoms with E-state index in [0.29, 0.717) is 6.54 Å². The number of carbonyl (C=O) groups is 2. The molecule has 0 aromatic carbocycles. The number of nitrogens with one attached hydrogen (secondary N) is 1. The van der Waals surface area contributed by atoms with Gasteiger partial charge in [0.15, 0.2) is 0 Å². The molecule has 0 rings (SSSR count). The van der Waals surface area contributed by atoms with Crippen molar-refractivity contribution in [1.82, 2.24) is 10.2 Å². The molecular weight excluding hydrogens is 310 g/mol. The number of nitrogens with zero attached hydrogens (tertiary/aromatic N) is 2. The predicted molar refractivity (Wildman–Crippen MR) is 70.2 cm³/mol. The number of hydrogen-bond acceptors (Lipinski definition) is 4. The summed E-state index contributed by atoms with van der Waals surface area (Å²) in [5.74, 6) is -3.21. The lowest BCUT2D eigenvalue weighted by molar-refractivity contribution is -0.884. The smallest absolute Gasteiger partial charge is 0.471 e. The predicted octanol–water partition coefficient (Wildman–Crippen LogP) is -0.644. The molecule has 0 saturated carbocycles. The molecule has 22 heavy (non-hydrogen) atoms. The van der Waals surface area contributed by atoms with Crippen LogP contribution in [-0.2, 0) is 9.59 Å². The van der Waals surface area contributed by atoms with Gasteiger partial charge in [0.05, 0.1) is 26.6 Å². The van der Waals surface area contributed by atoms with Gasteiger partial charge in [0.2, 0.25) is 0 Å². The molecule has 0 spiro atoms. The van der Waals surface area contributed by atoms with Crippen LogP contribution < -0.4 is 10.4 Å². The number of alkyl halides is 4. The molecule has 0 aliphatic carbocycles. The molecule has 0 aliphatic heterocycles. The van der Waals surface area contributed by atoms with Crippen LogP contribution in [0.2, 0.25) is 0 Å². The van der Waals surface area contributed by atoms with E-state index in [4.69, 9.17) is 0 Å². The van der Waals surface area contributed by atoms with Gasteiger partial charge in [0.1, 0.15) is 13.3 Å². The van der Waals surface area contributed by atoms with Gasteiger partial charge in [0.25, 0.3) is 0 Å². The Morgan fingerprint density at radius 3 is 2.00 bits per heavy atom. The molecule has 0 unspecified atom stereocenters. The van der Waals surface area contributed by atoms with E-state index in [9.17, 15) is 32.3 Å². The van der Waals surface area contributed by atoms with E-state index in [0.717, 1.165) is 0 Å². The molecule has 6 nitrogen and oxygen atoms in total. The lowest BCUT2D eigenvalue weighted by Gasteiger charge is -2.30. The Morgan fingerprint density at radius 1 is 1.23 bits per heavy atom. The number of carbonyl (C=O) groups excluding carboxylic acids is 2. The van der Waals surface area contributed by atoms with Gasteiger partial charge in [0, 0.05) is 13.0 Å². The Kier molecular flexibility index (Phi) is 10.7. The van der Waals surface area contributed by atoms with Gasteiger partial charge in [-0.3, -0.25) is 9.69 Å². The first-order valence-corrected chi connectivity index (χ1v) is 6.39. The second-order valence-corrected chi connectivity index (χ2v) is 5.50. The summed E-state index contributed by atoms with van der Waals surface area (Å²) in [6.07, 6.45) is -4.63. The van der Waals surface area contributed by atoms with Crippen LogP contribution in [0.3, 0.4) is 0 Å². The van der Waals surface area contributed by atoms with Crippen molar-refractivity contribution in [3.05, 3.63) is 0 Å². The second-order valence-electron chi connectivity index (χ2n) is 5.50. The molecule has 0 aromatic heterocycles. The van der Waals surface area contributed by atoms with Gasteiger partial charge < -0.3 is 19.7 Å². The van der Waals surface area contributed by atoms with Crippen LogP contribution in [0, 0.1) is 0 Å². The number of hydrogen-bond donors (Lipinski definition) is 1. The minimum Gasteiger partial charge on any atom is -0.544 e. The Labute approximate surface area is 127 Å². The number of rotatable bonds is 7. The Balaban J connectivity index is 0. The van der Waals surface area contributed by atoms with Gasteiger partial charge in [-0.25, -0.2) is 4.39 Å². The molecule has 10 heteroatoms. The van der Waals surface area contributed by atoms with Crippen molar-refractivity contribution in [3.63, 3.8) is 0 Å². The monoisotopic (exact) mass is 333 g/mol. The van der Waals surface area contributed by atoms with E-state index in [1.54, 1.807) is 33.5 Å². The van der Waals surface area contributed by atoms with Crippen molar-refractivity contribution in [1.29, 1.82) is 0 Å². The van der Waals surface area contributed by atoms with Crippen molar-refractivity contribution in [2.45, 2.75) is 12.6 Å². The number of likely N-dealkylation sites (N-methyl/N-ethyl adjacent to an activating group) is 1. The highest BCUT2D eigenvalue weighted by Gasteiger charge is 2.38. The van der Waals surface area contributed by atoms with Crippen LogP contribution in [0.25, 0.3) is 0 Å². The summed E-state index contributed by atoms with van der Waals surface area (Å²) >= 11 is 0. The first-order chi connectivity index (χ1) is 9.81. The molecule has 0 radical (unpaired) electrons. The summed E-state index contributed by atoms with van der Waals surface area (Å²) in [5, 5.41) is 12.1. The van der Waals surface area contributed by atoms with Crippen molar-refractivity contribution in [3.8, 4) is 0 Å². The molecule has 132 valence electrons. The molecule has 0 heterocycles. The number of aliphatic carboxylic acids is 1. The van der Waals surface area contributed by atoms with Crippen molar-refractivity contribution < 1.29 is 36.7 Å². The van der Waals surface area contributed by atoms with E-state index in [1.807, 2.05) is 0 Å². The lowest BCUT2D eigenvalue weighted by atomic mass is 10.3. The zero-order chi connectivity index (χ0) is 18.0. The highest BCUT2D eigenvalue weighted by atomic mass is 19.4. The van der Waals surface area contributed by atoms with E-state index < -0.39 is 18.1 Å². The number of carboxylic acids is 1. The summed E-state index contributed by atoms with van der Waals surface area (Å²) in [7, 11) is 6.59. The summed E-state index contributed by atoms with van der Waals surface area (Å²) in [5.41, 5.74) is 0. The van der Waals surface area contributed by atoms with Gasteiger partial charge in [-0.2, -0.15) is 13.2 Å². The molecule has 0 atom stereocenters. The zero-order valence-corrected chi connectivity index (χ0v) is 13.2. The highest BCUT2D eigenvalue weighted by molar-refractivity contribution is 5.81. The van der Waals surface area contributed by atoms with Gasteiger partial charge in [-0.05, 0) is 14.1 Å². The number of quaternary nitrogens is 1. The molecule has 1 amide bonds. The molecule has 0 fully saturated rings. The minimum atomic E-state index is -4.88. The topological polar surface area (TPSA) is 72.5 Å². The quantitative estimate of drug-likeness (QED) is 0.291. The van der Waals surface area contributed by atoms with Crippen LogP contribution in [0.4, 0.5) is 17.6 Å². The summed E-state index contributed by atoms with van der Waals surface area (Å²) in [4.78, 5) is 22.2. The lowest BCUT2D eigenvalue weighted by Crippen LogP contribution is -2.49. The first-order valence-electron chi connectivity index (χ1n) is 6.39. The second kappa shape index (κ2) is 10.3. The maximum absolute atomic E-state index is 11.8. The largest absolute Gasteiger partial charge is 0.544 e. The SMILES string of the molecule is CN(C)CF.C[N+](C)(CCCNC(=O)C(F)(F)F)CC(=O)[O-]. The molecule has 0 aromatic rings. The van der Waals surface area contributed by atoms with Gasteiger partial charge in [-0.1, -0.05) is 0 Å². The molecule has 1 N–H and O–H groups in total. The van der Waals surface area contributed by atoms with Gasteiger partial charge >= 0.3 is 12.1 Å². The first kappa shape index (κ1) is 22.9. The van der Waals surface area contributed by atoms with Crippen LogP contribution in [0.15, 0.2) is 0 Å². The highest BCUT2D eigenvalue weighted by Crippen LogP contribution is 2.13. The third-order valence-electron chi connectivity index (χ3n) is 2.28. The third kappa shape index (κ3) is 15.0. The molecule has 0 aliphatic rings. The van der Waals surface area contributed by atoms with E-state index in [-0.39, 0.29) is 30.8 Å². The summed E-state index contributed by atoms with van der Waals surface area (Å²) in [6, 6.07) is 0. The maximum Gasteiger partial charge on any atom is 0.471 e. The third-order valence-corrected chi connectivity index (χ3v) is 2.28. The van der Waals surface area contributed by atoms with E-state index >= 15 is 0 Å². The summed E-state index contributed by atoms with van der Waals surface area (Å²) < 4.78 is 46.5. The Bertz CT molecular complexity index is 347. The van der Waals surface area contributed by atoms with Crippen LogP contribution in [-0.4, -0.2) is 82.1 Å². The van der Waals surface area contributed by atoms with Crippen molar-refractivity contribution in [2.24, 2.45) is 0 Å². The van der Waals surface area contributed by atoms with Crippen molar-refractivity contribution in [2.75, 3.05) is 54.6 Å². The average molecular weight is 333 g/mol.